The van der Waals surface area contributed by atoms with Gasteiger partial charge in [0.2, 0.25) is 0 Å². The van der Waals surface area contributed by atoms with Crippen molar-refractivity contribution in [3.63, 3.8) is 0 Å². The molecule has 1 heterocycles. The molecular formula is C13H19Cl2NO. The summed E-state index contributed by atoms with van der Waals surface area (Å²) >= 11 is 11.8. The first kappa shape index (κ1) is 14.5. The van der Waals surface area contributed by atoms with Crippen LogP contribution in [0.15, 0.2) is 34.2 Å². The molecule has 0 spiro atoms. The Labute approximate surface area is 113 Å². The summed E-state index contributed by atoms with van der Waals surface area (Å²) in [6, 6.07) is 0. The lowest BCUT2D eigenvalue weighted by Gasteiger charge is -2.29. The summed E-state index contributed by atoms with van der Waals surface area (Å²) in [5.74, 6) is 0.732. The van der Waals surface area contributed by atoms with Gasteiger partial charge in [-0.1, -0.05) is 36.2 Å². The van der Waals surface area contributed by atoms with Gasteiger partial charge >= 0.3 is 0 Å². The predicted molar refractivity (Wildman–Crippen MR) is 74.2 cm³/mol. The van der Waals surface area contributed by atoms with E-state index in [2.05, 4.69) is 11.8 Å². The maximum Gasteiger partial charge on any atom is 0.150 e. The summed E-state index contributed by atoms with van der Waals surface area (Å²) in [5.41, 5.74) is 0. The zero-order chi connectivity index (χ0) is 12.8. The largest absolute Gasteiger partial charge is 0.505 e. The predicted octanol–water partition coefficient (Wildman–Crippen LogP) is 4.38. The Bertz CT molecular complexity index is 347. The molecule has 0 aromatic rings. The van der Waals surface area contributed by atoms with Crippen molar-refractivity contribution in [1.29, 1.82) is 0 Å². The Balaban J connectivity index is 2.68. The van der Waals surface area contributed by atoms with E-state index in [1.165, 1.54) is 6.42 Å². The van der Waals surface area contributed by atoms with E-state index in [9.17, 15) is 5.11 Å². The van der Waals surface area contributed by atoms with E-state index in [4.69, 9.17) is 23.2 Å². The van der Waals surface area contributed by atoms with Gasteiger partial charge in [0, 0.05) is 24.3 Å². The first-order valence-electron chi connectivity index (χ1n) is 5.87. The third-order valence-electron chi connectivity index (χ3n) is 2.78. The molecule has 2 nitrogen and oxygen atoms in total. The standard InChI is InChI=1S/C13H19Cl2NO/c1-3-11(14)7-12(15)13(17)9-16-6-4-5-10(2)8-16/h3,7,9-10,17H,4-6,8H2,1-2H3/b11-3+,12-7+,13-9-. The quantitative estimate of drug-likeness (QED) is 0.610. The lowest BCUT2D eigenvalue weighted by atomic mass is 10.0. The number of nitrogens with zero attached hydrogens (tertiary/aromatic N) is 1. The SMILES string of the molecule is C\C=C(Cl)/C=C(Cl)\C(O)=C\N1CCCC(C)C1. The van der Waals surface area contributed by atoms with E-state index >= 15 is 0 Å². The lowest BCUT2D eigenvalue weighted by molar-refractivity contribution is 0.238. The highest BCUT2D eigenvalue weighted by Gasteiger charge is 2.14. The second-order valence-electron chi connectivity index (χ2n) is 4.42. The maximum atomic E-state index is 9.83. The highest BCUT2D eigenvalue weighted by molar-refractivity contribution is 6.35. The molecule has 0 bridgehead atoms. The number of halogens is 2. The van der Waals surface area contributed by atoms with Crippen molar-refractivity contribution in [1.82, 2.24) is 4.90 Å². The minimum atomic E-state index is 0.0702. The molecule has 1 rings (SSSR count). The van der Waals surface area contributed by atoms with Crippen LogP contribution in [0.1, 0.15) is 26.7 Å². The molecule has 0 saturated carbocycles. The smallest absolute Gasteiger partial charge is 0.150 e. The number of likely N-dealkylation sites (tertiary alicyclic amines) is 1. The summed E-state index contributed by atoms with van der Waals surface area (Å²) < 4.78 is 0. The van der Waals surface area contributed by atoms with Gasteiger partial charge in [0.25, 0.3) is 0 Å². The van der Waals surface area contributed by atoms with E-state index in [0.29, 0.717) is 11.0 Å². The summed E-state index contributed by atoms with van der Waals surface area (Å²) in [4.78, 5) is 2.10. The van der Waals surface area contributed by atoms with Crippen molar-refractivity contribution in [2.75, 3.05) is 13.1 Å². The Kier molecular flexibility index (Phi) is 5.93. The Hall–Kier alpha value is -0.600. The fourth-order valence-electron chi connectivity index (χ4n) is 1.86. The van der Waals surface area contributed by atoms with Gasteiger partial charge in [0.1, 0.15) is 5.76 Å². The number of rotatable bonds is 3. The molecule has 1 N–H and O–H groups in total. The second kappa shape index (κ2) is 6.97. The normalized spacial score (nSPS) is 24.1. The molecular weight excluding hydrogens is 257 g/mol. The summed E-state index contributed by atoms with van der Waals surface area (Å²) in [6.07, 6.45) is 7.37. The van der Waals surface area contributed by atoms with Crippen LogP contribution >= 0.6 is 23.2 Å². The molecule has 0 amide bonds. The van der Waals surface area contributed by atoms with Crippen LogP contribution < -0.4 is 0 Å². The van der Waals surface area contributed by atoms with Crippen LogP contribution in [0.5, 0.6) is 0 Å². The lowest BCUT2D eigenvalue weighted by Crippen LogP contribution is -2.30. The van der Waals surface area contributed by atoms with Crippen molar-refractivity contribution in [3.05, 3.63) is 34.2 Å². The third kappa shape index (κ3) is 5.05. The molecule has 1 fully saturated rings. The van der Waals surface area contributed by atoms with Crippen molar-refractivity contribution in [2.45, 2.75) is 26.7 Å². The molecule has 17 heavy (non-hydrogen) atoms. The summed E-state index contributed by atoms with van der Waals surface area (Å²) in [5, 5.41) is 10.6. The van der Waals surface area contributed by atoms with Crippen LogP contribution in [0.4, 0.5) is 0 Å². The fraction of sp³-hybridized carbons (Fsp3) is 0.538. The van der Waals surface area contributed by atoms with E-state index in [0.717, 1.165) is 19.5 Å². The highest BCUT2D eigenvalue weighted by Crippen LogP contribution is 2.20. The molecule has 1 atom stereocenters. The van der Waals surface area contributed by atoms with Gasteiger partial charge in [-0.25, -0.2) is 0 Å². The van der Waals surface area contributed by atoms with Gasteiger partial charge < -0.3 is 10.0 Å². The first-order valence-corrected chi connectivity index (χ1v) is 6.62. The number of aliphatic hydroxyl groups excluding tert-OH is 1. The molecule has 1 saturated heterocycles. The van der Waals surface area contributed by atoms with E-state index < -0.39 is 0 Å². The first-order chi connectivity index (χ1) is 8.02. The number of hydrogen-bond donors (Lipinski definition) is 1. The Morgan fingerprint density at radius 1 is 1.41 bits per heavy atom. The second-order valence-corrected chi connectivity index (χ2v) is 5.27. The Morgan fingerprint density at radius 2 is 2.12 bits per heavy atom. The molecule has 4 heteroatoms. The summed E-state index contributed by atoms with van der Waals surface area (Å²) in [7, 11) is 0. The van der Waals surface area contributed by atoms with Crippen molar-refractivity contribution >= 4 is 23.2 Å². The average Bonchev–Trinajstić information content (AvgIpc) is 2.28. The zero-order valence-electron chi connectivity index (χ0n) is 10.3. The monoisotopic (exact) mass is 275 g/mol. The van der Waals surface area contributed by atoms with Gasteiger partial charge in [-0.05, 0) is 31.8 Å². The third-order valence-corrected chi connectivity index (χ3v) is 3.41. The van der Waals surface area contributed by atoms with E-state index in [1.54, 1.807) is 18.4 Å². The van der Waals surface area contributed by atoms with E-state index in [1.807, 2.05) is 6.92 Å². The minimum Gasteiger partial charge on any atom is -0.505 e. The van der Waals surface area contributed by atoms with Crippen LogP contribution in [0.3, 0.4) is 0 Å². The van der Waals surface area contributed by atoms with Crippen molar-refractivity contribution < 1.29 is 5.11 Å². The molecule has 0 radical (unpaired) electrons. The topological polar surface area (TPSA) is 23.5 Å². The minimum absolute atomic E-state index is 0.0702. The van der Waals surface area contributed by atoms with Crippen molar-refractivity contribution in [3.8, 4) is 0 Å². The maximum absolute atomic E-state index is 9.83. The number of hydrogen-bond acceptors (Lipinski definition) is 2. The molecule has 1 unspecified atom stereocenters. The number of piperidine rings is 1. The van der Waals surface area contributed by atoms with Crippen LogP contribution in [-0.2, 0) is 0 Å². The molecule has 0 aromatic carbocycles. The summed E-state index contributed by atoms with van der Waals surface area (Å²) in [6.45, 7) is 5.96. The van der Waals surface area contributed by atoms with E-state index in [-0.39, 0.29) is 10.8 Å². The van der Waals surface area contributed by atoms with Crippen LogP contribution in [0, 0.1) is 5.92 Å². The van der Waals surface area contributed by atoms with Gasteiger partial charge in [0.05, 0.1) is 5.03 Å². The molecule has 1 aliphatic rings. The average molecular weight is 276 g/mol. The van der Waals surface area contributed by atoms with Gasteiger partial charge in [-0.3, -0.25) is 0 Å². The zero-order valence-corrected chi connectivity index (χ0v) is 11.8. The number of allylic oxidation sites excluding steroid dienone is 4. The van der Waals surface area contributed by atoms with Crippen LogP contribution in [-0.4, -0.2) is 23.1 Å². The van der Waals surface area contributed by atoms with Gasteiger partial charge in [-0.15, -0.1) is 0 Å². The molecule has 96 valence electrons. The molecule has 0 aromatic heterocycles. The van der Waals surface area contributed by atoms with Crippen molar-refractivity contribution in [2.24, 2.45) is 5.92 Å². The van der Waals surface area contributed by atoms with Gasteiger partial charge in [0.15, 0.2) is 0 Å². The highest BCUT2D eigenvalue weighted by atomic mass is 35.5. The van der Waals surface area contributed by atoms with Gasteiger partial charge in [-0.2, -0.15) is 0 Å². The van der Waals surface area contributed by atoms with Crippen LogP contribution in [0.25, 0.3) is 0 Å². The van der Waals surface area contributed by atoms with Crippen LogP contribution in [0.2, 0.25) is 0 Å². The number of aliphatic hydroxyl groups is 1. The Morgan fingerprint density at radius 3 is 2.71 bits per heavy atom. The fourth-order valence-corrected chi connectivity index (χ4v) is 2.19. The molecule has 0 aliphatic carbocycles. The molecule has 1 aliphatic heterocycles.